The number of para-hydroxylation sites is 2. The molecule has 2 aromatic rings. The van der Waals surface area contributed by atoms with Crippen LogP contribution in [-0.4, -0.2) is 44.0 Å². The molecule has 0 bridgehead atoms. The molecule has 0 radical (unpaired) electrons. The molecule has 0 aliphatic carbocycles. The molecule has 47 heavy (non-hydrogen) atoms. The Morgan fingerprint density at radius 2 is 1.17 bits per heavy atom. The zero-order valence-corrected chi connectivity index (χ0v) is 32.6. The van der Waals surface area contributed by atoms with E-state index in [1.807, 2.05) is 16.8 Å². The highest BCUT2D eigenvalue weighted by atomic mass is 32.2. The van der Waals surface area contributed by atoms with Gasteiger partial charge in [0.15, 0.2) is 0 Å². The number of hydrazine groups is 2. The van der Waals surface area contributed by atoms with Crippen LogP contribution in [0.3, 0.4) is 0 Å². The molecule has 266 valence electrons. The number of nitrogens with zero attached hydrogens (tertiary/aromatic N) is 2. The minimum absolute atomic E-state index is 0.0460. The quantitative estimate of drug-likeness (QED) is 0.0811. The van der Waals surface area contributed by atoms with Gasteiger partial charge in [-0.3, -0.25) is 5.32 Å². The van der Waals surface area contributed by atoms with Crippen LogP contribution in [0.25, 0.3) is 0 Å². The van der Waals surface area contributed by atoms with Crippen LogP contribution in [0.5, 0.6) is 0 Å². The molecule has 6 nitrogen and oxygen atoms in total. The first-order chi connectivity index (χ1) is 22.4. The predicted octanol–water partition coefficient (Wildman–Crippen LogP) is 10.9. The fourth-order valence-corrected chi connectivity index (χ4v) is 8.46. The van der Waals surface area contributed by atoms with Crippen LogP contribution >= 0.6 is 23.5 Å². The summed E-state index contributed by atoms with van der Waals surface area (Å²) in [6.45, 7) is 18.5. The molecule has 1 heterocycles. The van der Waals surface area contributed by atoms with E-state index in [9.17, 15) is 5.11 Å². The van der Waals surface area contributed by atoms with Crippen molar-refractivity contribution < 1.29 is 5.11 Å². The molecular formula is C39H67N5OS2. The van der Waals surface area contributed by atoms with Gasteiger partial charge in [0.2, 0.25) is 0 Å². The van der Waals surface area contributed by atoms with Gasteiger partial charge in [-0.1, -0.05) is 168 Å². The van der Waals surface area contributed by atoms with Gasteiger partial charge in [-0.15, -0.1) is 16.8 Å². The van der Waals surface area contributed by atoms with E-state index in [-0.39, 0.29) is 16.3 Å². The molecule has 2 atom stereocenters. The smallest absolute Gasteiger partial charge is 0.265 e. The van der Waals surface area contributed by atoms with E-state index in [1.54, 1.807) is 11.8 Å². The Hall–Kier alpha value is -1.42. The summed E-state index contributed by atoms with van der Waals surface area (Å²) in [4.78, 5) is 0. The number of hydrogen-bond acceptors (Lipinski definition) is 8. The Morgan fingerprint density at radius 3 is 1.70 bits per heavy atom. The average molecular weight is 686 g/mol. The lowest BCUT2D eigenvalue weighted by molar-refractivity contribution is -0.160. The lowest BCUT2D eigenvalue weighted by atomic mass is 9.86. The Morgan fingerprint density at radius 1 is 0.702 bits per heavy atom. The summed E-state index contributed by atoms with van der Waals surface area (Å²) in [5, 5.41) is 19.5. The molecule has 2 aromatic carbocycles. The van der Waals surface area contributed by atoms with E-state index in [0.717, 1.165) is 29.3 Å². The standard InChI is InChI=1S/C39H67N5OS2/c1-9-11-13-15-17-23-29-46-36-40-31-43(41-34-27-21-19-25-32(34)37(3,4)5)39(45,47-30-24-18-16-14-12-10-2)44(36)42-35-28-22-20-26-33(35)38(6,7)8/h19-22,25-28,36,40-42,45H,9-18,23-24,29-31H2,1-8H3. The second-order valence-electron chi connectivity index (χ2n) is 15.2. The molecule has 2 unspecified atom stereocenters. The molecule has 0 spiro atoms. The largest absolute Gasteiger partial charge is 0.352 e. The summed E-state index contributed by atoms with van der Waals surface area (Å²) in [6.07, 6.45) is 15.1. The van der Waals surface area contributed by atoms with E-state index in [1.165, 1.54) is 81.8 Å². The van der Waals surface area contributed by atoms with Gasteiger partial charge in [0.1, 0.15) is 5.50 Å². The van der Waals surface area contributed by atoms with Crippen LogP contribution < -0.4 is 16.2 Å². The van der Waals surface area contributed by atoms with Crippen molar-refractivity contribution in [2.24, 2.45) is 0 Å². The molecule has 0 amide bonds. The third-order valence-corrected chi connectivity index (χ3v) is 11.4. The topological polar surface area (TPSA) is 62.8 Å². The normalized spacial score (nSPS) is 19.6. The fraction of sp³-hybridized carbons (Fsp3) is 0.692. The lowest BCUT2D eigenvalue weighted by Crippen LogP contribution is -2.73. The number of anilines is 2. The third kappa shape index (κ3) is 12.4. The van der Waals surface area contributed by atoms with Crippen LogP contribution in [0, 0.1) is 0 Å². The minimum Gasteiger partial charge on any atom is -0.352 e. The second-order valence-corrected chi connectivity index (χ2v) is 17.6. The summed E-state index contributed by atoms with van der Waals surface area (Å²) in [5.74, 6) is 1.91. The zero-order valence-electron chi connectivity index (χ0n) is 31.0. The molecule has 8 heteroatoms. The average Bonchev–Trinajstić information content (AvgIpc) is 3.02. The molecule has 0 aromatic heterocycles. The van der Waals surface area contributed by atoms with Crippen LogP contribution in [0.1, 0.15) is 144 Å². The van der Waals surface area contributed by atoms with Crippen molar-refractivity contribution in [3.63, 3.8) is 0 Å². The van der Waals surface area contributed by atoms with Crippen molar-refractivity contribution in [2.45, 2.75) is 154 Å². The maximum absolute atomic E-state index is 13.0. The zero-order chi connectivity index (χ0) is 34.3. The first-order valence-corrected chi connectivity index (χ1v) is 20.5. The summed E-state index contributed by atoms with van der Waals surface area (Å²) in [7, 11) is 0. The number of benzene rings is 2. The number of thioether (sulfide) groups is 2. The van der Waals surface area contributed by atoms with Gasteiger partial charge >= 0.3 is 0 Å². The van der Waals surface area contributed by atoms with Gasteiger partial charge < -0.3 is 16.0 Å². The van der Waals surface area contributed by atoms with Crippen molar-refractivity contribution in [1.82, 2.24) is 15.3 Å². The molecule has 1 aliphatic heterocycles. The summed E-state index contributed by atoms with van der Waals surface area (Å²) in [5.41, 5.74) is 11.8. The number of aliphatic hydroxyl groups is 1. The van der Waals surface area contributed by atoms with Crippen LogP contribution in [0.2, 0.25) is 0 Å². The molecule has 1 fully saturated rings. The highest BCUT2D eigenvalue weighted by Crippen LogP contribution is 2.41. The predicted molar refractivity (Wildman–Crippen MR) is 210 cm³/mol. The third-order valence-electron chi connectivity index (χ3n) is 8.86. The van der Waals surface area contributed by atoms with Crippen LogP contribution in [0.4, 0.5) is 11.4 Å². The number of rotatable bonds is 20. The first-order valence-electron chi connectivity index (χ1n) is 18.4. The van der Waals surface area contributed by atoms with Crippen molar-refractivity contribution in [2.75, 3.05) is 29.0 Å². The maximum atomic E-state index is 13.0. The summed E-state index contributed by atoms with van der Waals surface area (Å²) >= 11 is 3.53. The van der Waals surface area contributed by atoms with Crippen LogP contribution in [-0.2, 0) is 10.8 Å². The van der Waals surface area contributed by atoms with E-state index in [2.05, 4.69) is 125 Å². The molecule has 3 rings (SSSR count). The minimum atomic E-state index is -1.36. The van der Waals surface area contributed by atoms with Crippen molar-refractivity contribution >= 4 is 34.9 Å². The van der Waals surface area contributed by atoms with Gasteiger partial charge in [-0.2, -0.15) is 5.01 Å². The van der Waals surface area contributed by atoms with Gasteiger partial charge in [0.25, 0.3) is 5.18 Å². The summed E-state index contributed by atoms with van der Waals surface area (Å²) < 4.78 is 0. The number of hydrogen-bond donors (Lipinski definition) is 4. The van der Waals surface area contributed by atoms with Crippen molar-refractivity contribution in [3.05, 3.63) is 59.7 Å². The van der Waals surface area contributed by atoms with Crippen molar-refractivity contribution in [3.8, 4) is 0 Å². The van der Waals surface area contributed by atoms with E-state index >= 15 is 0 Å². The second kappa shape index (κ2) is 19.7. The van der Waals surface area contributed by atoms with Gasteiger partial charge in [-0.25, -0.2) is 0 Å². The van der Waals surface area contributed by atoms with Crippen LogP contribution in [0.15, 0.2) is 48.5 Å². The maximum Gasteiger partial charge on any atom is 0.265 e. The van der Waals surface area contributed by atoms with Gasteiger partial charge in [-0.05, 0) is 58.4 Å². The lowest BCUT2D eigenvalue weighted by Gasteiger charge is -2.53. The molecule has 1 aliphatic rings. The number of nitrogens with one attached hydrogen (secondary N) is 3. The SMILES string of the molecule is CCCCCCCCSC1NCN(Nc2ccccc2C(C)(C)C)C(O)(SCCCCCCCC)N1Nc1ccccc1C(C)(C)C. The Kier molecular flexibility index (Phi) is 16.8. The first kappa shape index (κ1) is 40.0. The highest BCUT2D eigenvalue weighted by Gasteiger charge is 2.50. The molecule has 1 saturated heterocycles. The van der Waals surface area contributed by atoms with E-state index in [4.69, 9.17) is 0 Å². The van der Waals surface area contributed by atoms with E-state index < -0.39 is 5.18 Å². The Balaban J connectivity index is 1.94. The molecule has 0 saturated carbocycles. The number of unbranched alkanes of at least 4 members (excludes halogenated alkanes) is 10. The molecular weight excluding hydrogens is 619 g/mol. The van der Waals surface area contributed by atoms with E-state index in [0.29, 0.717) is 6.67 Å². The van der Waals surface area contributed by atoms with Gasteiger partial charge in [0.05, 0.1) is 18.0 Å². The Bertz CT molecular complexity index is 1170. The monoisotopic (exact) mass is 685 g/mol. The summed E-state index contributed by atoms with van der Waals surface area (Å²) in [6, 6.07) is 17.1. The fourth-order valence-electron chi connectivity index (χ4n) is 6.08. The van der Waals surface area contributed by atoms with Gasteiger partial charge in [0, 0.05) is 0 Å². The Labute approximate surface area is 296 Å². The highest BCUT2D eigenvalue weighted by molar-refractivity contribution is 8.01. The van der Waals surface area contributed by atoms with Crippen molar-refractivity contribution in [1.29, 1.82) is 0 Å². The molecule has 4 N–H and O–H groups in total.